The van der Waals surface area contributed by atoms with Crippen LogP contribution < -0.4 is 16.0 Å². The van der Waals surface area contributed by atoms with Gasteiger partial charge in [0.2, 0.25) is 0 Å². The van der Waals surface area contributed by atoms with Crippen LogP contribution in [0.15, 0.2) is 33.8 Å². The van der Waals surface area contributed by atoms with Gasteiger partial charge in [0.15, 0.2) is 5.96 Å². The molecule has 0 atom stereocenters. The number of hydrogen-bond donors (Lipinski definition) is 3. The first-order valence-electron chi connectivity index (χ1n) is 9.61. The largest absolute Gasteiger partial charge is 0.361 e. The maximum Gasteiger partial charge on any atom is 0.252 e. The van der Waals surface area contributed by atoms with E-state index in [-0.39, 0.29) is 29.9 Å². The van der Waals surface area contributed by atoms with Gasteiger partial charge in [-0.2, -0.15) is 0 Å². The molecule has 2 rings (SSSR count). The van der Waals surface area contributed by atoms with E-state index in [0.29, 0.717) is 36.2 Å². The maximum atomic E-state index is 12.2. The molecule has 0 aliphatic rings. The number of rotatable bonds is 9. The minimum absolute atomic E-state index is 0. The van der Waals surface area contributed by atoms with Gasteiger partial charge >= 0.3 is 0 Å². The van der Waals surface area contributed by atoms with Crippen LogP contribution in [-0.4, -0.2) is 36.7 Å². The maximum absolute atomic E-state index is 12.2. The molecule has 7 nitrogen and oxygen atoms in total. The topological polar surface area (TPSA) is 91.6 Å². The standard InChI is InChI=1S/C20H28ClN5O2.HI/c1-4-17-15(18(5-2)28-26-17)13-25-20(22-6-3)24-12-11-23-19(27)14-9-7-8-10-16(14)21;/h7-10H,4-6,11-13H2,1-3H3,(H,23,27)(H2,22,24,25);1H. The predicted octanol–water partition coefficient (Wildman–Crippen LogP) is 3.56. The van der Waals surface area contributed by atoms with Crippen LogP contribution in [0.3, 0.4) is 0 Å². The molecule has 1 amide bonds. The Kier molecular flexibility index (Phi) is 11.7. The van der Waals surface area contributed by atoms with Gasteiger partial charge in [-0.1, -0.05) is 42.7 Å². The van der Waals surface area contributed by atoms with Crippen molar-refractivity contribution in [2.45, 2.75) is 40.2 Å². The first-order chi connectivity index (χ1) is 13.6. The van der Waals surface area contributed by atoms with Gasteiger partial charge in [-0.25, -0.2) is 4.99 Å². The quantitative estimate of drug-likeness (QED) is 0.198. The summed E-state index contributed by atoms with van der Waals surface area (Å²) in [5, 5.41) is 13.8. The molecule has 0 aliphatic carbocycles. The smallest absolute Gasteiger partial charge is 0.252 e. The average molecular weight is 534 g/mol. The molecule has 1 aromatic carbocycles. The molecule has 0 radical (unpaired) electrons. The van der Waals surface area contributed by atoms with E-state index in [9.17, 15) is 4.79 Å². The van der Waals surface area contributed by atoms with Gasteiger partial charge in [0, 0.05) is 31.6 Å². The SMILES string of the molecule is CCNC(=NCc1c(CC)noc1CC)NCCNC(=O)c1ccccc1Cl.I. The van der Waals surface area contributed by atoms with E-state index in [1.807, 2.05) is 13.8 Å². The van der Waals surface area contributed by atoms with Crippen molar-refractivity contribution in [2.75, 3.05) is 19.6 Å². The summed E-state index contributed by atoms with van der Waals surface area (Å²) in [7, 11) is 0. The Morgan fingerprint density at radius 3 is 2.48 bits per heavy atom. The van der Waals surface area contributed by atoms with Gasteiger partial charge < -0.3 is 20.5 Å². The second-order valence-electron chi connectivity index (χ2n) is 6.10. The third-order valence-electron chi connectivity index (χ3n) is 4.17. The highest BCUT2D eigenvalue weighted by molar-refractivity contribution is 14.0. The van der Waals surface area contributed by atoms with Crippen LogP contribution in [0.2, 0.25) is 5.02 Å². The van der Waals surface area contributed by atoms with Crippen molar-refractivity contribution in [2.24, 2.45) is 4.99 Å². The predicted molar refractivity (Wildman–Crippen MR) is 127 cm³/mol. The van der Waals surface area contributed by atoms with E-state index in [2.05, 4.69) is 33.0 Å². The molecule has 29 heavy (non-hydrogen) atoms. The third-order valence-corrected chi connectivity index (χ3v) is 4.50. The number of carbonyl (C=O) groups is 1. The number of nitrogens with zero attached hydrogens (tertiary/aromatic N) is 2. The van der Waals surface area contributed by atoms with Gasteiger partial charge in [-0.15, -0.1) is 24.0 Å². The molecule has 0 unspecified atom stereocenters. The molecule has 0 spiro atoms. The van der Waals surface area contributed by atoms with Crippen molar-refractivity contribution >= 4 is 47.4 Å². The van der Waals surface area contributed by atoms with E-state index in [4.69, 9.17) is 16.1 Å². The third kappa shape index (κ3) is 7.50. The summed E-state index contributed by atoms with van der Waals surface area (Å²) in [6.45, 7) is 8.31. The Hall–Kier alpha value is -1.81. The van der Waals surface area contributed by atoms with Gasteiger partial charge in [0.05, 0.1) is 22.8 Å². The van der Waals surface area contributed by atoms with Crippen LogP contribution in [-0.2, 0) is 19.4 Å². The minimum atomic E-state index is -0.195. The Bertz CT molecular complexity index is 788. The summed E-state index contributed by atoms with van der Waals surface area (Å²) in [6.07, 6.45) is 1.60. The summed E-state index contributed by atoms with van der Waals surface area (Å²) >= 11 is 6.04. The van der Waals surface area contributed by atoms with E-state index >= 15 is 0 Å². The number of hydrogen-bond acceptors (Lipinski definition) is 4. The number of carbonyl (C=O) groups excluding carboxylic acids is 1. The van der Waals surface area contributed by atoms with E-state index in [1.165, 1.54) is 0 Å². The highest BCUT2D eigenvalue weighted by Gasteiger charge is 2.13. The fourth-order valence-corrected chi connectivity index (χ4v) is 2.94. The van der Waals surface area contributed by atoms with Crippen molar-refractivity contribution in [3.8, 4) is 0 Å². The van der Waals surface area contributed by atoms with E-state index < -0.39 is 0 Å². The number of benzene rings is 1. The van der Waals surface area contributed by atoms with Crippen LogP contribution in [0.25, 0.3) is 0 Å². The van der Waals surface area contributed by atoms with Crippen LogP contribution in [0.1, 0.15) is 48.1 Å². The Labute approximate surface area is 194 Å². The fraction of sp³-hybridized carbons (Fsp3) is 0.450. The zero-order valence-electron chi connectivity index (χ0n) is 17.0. The monoisotopic (exact) mass is 533 g/mol. The van der Waals surface area contributed by atoms with Crippen molar-refractivity contribution in [1.29, 1.82) is 0 Å². The van der Waals surface area contributed by atoms with Gasteiger partial charge in [0.25, 0.3) is 5.91 Å². The molecule has 1 aromatic heterocycles. The molecule has 9 heteroatoms. The minimum Gasteiger partial charge on any atom is -0.361 e. The summed E-state index contributed by atoms with van der Waals surface area (Å²) < 4.78 is 5.39. The number of guanidine groups is 1. The number of nitrogens with one attached hydrogen (secondary N) is 3. The molecule has 1 heterocycles. The molecule has 2 aromatic rings. The zero-order valence-corrected chi connectivity index (χ0v) is 20.1. The molecule has 0 saturated carbocycles. The first-order valence-corrected chi connectivity index (χ1v) is 9.99. The van der Waals surface area contributed by atoms with Crippen LogP contribution >= 0.6 is 35.6 Å². The summed E-state index contributed by atoms with van der Waals surface area (Å²) in [5.74, 6) is 1.36. The normalized spacial score (nSPS) is 11.0. The van der Waals surface area contributed by atoms with Gasteiger partial charge in [-0.3, -0.25) is 4.79 Å². The van der Waals surface area contributed by atoms with Crippen molar-refractivity contribution < 1.29 is 9.32 Å². The first kappa shape index (κ1) is 25.2. The fourth-order valence-electron chi connectivity index (χ4n) is 2.71. The molecule has 160 valence electrons. The number of halogens is 2. The number of aromatic nitrogens is 1. The number of aliphatic imine (C=N–C) groups is 1. The van der Waals surface area contributed by atoms with Gasteiger partial charge in [-0.05, 0) is 25.5 Å². The molecular formula is C20H29ClIN5O2. The molecular weight excluding hydrogens is 505 g/mol. The number of amides is 1. The molecule has 0 fully saturated rings. The summed E-state index contributed by atoms with van der Waals surface area (Å²) in [5.41, 5.74) is 2.47. The lowest BCUT2D eigenvalue weighted by atomic mass is 10.1. The zero-order chi connectivity index (χ0) is 20.4. The molecule has 0 bridgehead atoms. The second-order valence-corrected chi connectivity index (χ2v) is 6.50. The summed E-state index contributed by atoms with van der Waals surface area (Å²) in [4.78, 5) is 16.8. The highest BCUT2D eigenvalue weighted by atomic mass is 127. The second kappa shape index (κ2) is 13.4. The summed E-state index contributed by atoms with van der Waals surface area (Å²) in [6, 6.07) is 6.98. The molecule has 0 saturated heterocycles. The Balaban J connectivity index is 0.00000420. The Morgan fingerprint density at radius 2 is 1.83 bits per heavy atom. The number of aryl methyl sites for hydroxylation is 2. The van der Waals surface area contributed by atoms with Crippen LogP contribution in [0.5, 0.6) is 0 Å². The van der Waals surface area contributed by atoms with Crippen LogP contribution in [0.4, 0.5) is 0 Å². The van der Waals surface area contributed by atoms with Crippen LogP contribution in [0, 0.1) is 0 Å². The van der Waals surface area contributed by atoms with E-state index in [0.717, 1.165) is 36.4 Å². The van der Waals surface area contributed by atoms with Crippen molar-refractivity contribution in [3.63, 3.8) is 0 Å². The van der Waals surface area contributed by atoms with Crippen molar-refractivity contribution in [1.82, 2.24) is 21.1 Å². The highest BCUT2D eigenvalue weighted by Crippen LogP contribution is 2.17. The van der Waals surface area contributed by atoms with Crippen molar-refractivity contribution in [3.05, 3.63) is 51.9 Å². The van der Waals surface area contributed by atoms with Gasteiger partial charge in [0.1, 0.15) is 5.76 Å². The lowest BCUT2D eigenvalue weighted by molar-refractivity contribution is 0.0954. The Morgan fingerprint density at radius 1 is 1.10 bits per heavy atom. The lowest BCUT2D eigenvalue weighted by Crippen LogP contribution is -2.41. The van der Waals surface area contributed by atoms with E-state index in [1.54, 1.807) is 24.3 Å². The average Bonchev–Trinajstić information content (AvgIpc) is 3.11. The molecule has 3 N–H and O–H groups in total. The lowest BCUT2D eigenvalue weighted by Gasteiger charge is -2.12. The molecule has 0 aliphatic heterocycles.